The van der Waals surface area contributed by atoms with E-state index in [0.29, 0.717) is 13.0 Å². The lowest BCUT2D eigenvalue weighted by Crippen LogP contribution is -2.51. The number of aliphatic carboxylic acids is 1. The number of piperidine rings is 1. The predicted octanol–water partition coefficient (Wildman–Crippen LogP) is 1.47. The lowest BCUT2D eigenvalue weighted by Gasteiger charge is -2.38. The highest BCUT2D eigenvalue weighted by atomic mass is 16.6. The van der Waals surface area contributed by atoms with Gasteiger partial charge in [0, 0.05) is 6.54 Å². The van der Waals surface area contributed by atoms with Crippen LogP contribution in [-0.2, 0) is 9.53 Å². The molecule has 110 valence electrons. The van der Waals surface area contributed by atoms with E-state index < -0.39 is 36.2 Å². The number of carboxylic acids is 1. The van der Waals surface area contributed by atoms with Gasteiger partial charge in [0.25, 0.3) is 0 Å². The molecule has 6 nitrogen and oxygen atoms in total. The van der Waals surface area contributed by atoms with E-state index in [0.717, 1.165) is 12.8 Å². The Balaban J connectivity index is 2.82. The maximum Gasteiger partial charge on any atom is 0.410 e. The molecule has 0 aromatic heterocycles. The van der Waals surface area contributed by atoms with Crippen LogP contribution in [0, 0.1) is 5.92 Å². The molecule has 1 fully saturated rings. The molecule has 0 aromatic carbocycles. The molecule has 2 N–H and O–H groups in total. The second-order valence-electron chi connectivity index (χ2n) is 5.86. The Morgan fingerprint density at radius 2 is 2.00 bits per heavy atom. The first kappa shape index (κ1) is 15.8. The molecule has 2 unspecified atom stereocenters. The molecule has 19 heavy (non-hydrogen) atoms. The molecular formula is C13H23NO5. The summed E-state index contributed by atoms with van der Waals surface area (Å²) in [6, 6.07) is -0.494. The van der Waals surface area contributed by atoms with Crippen molar-refractivity contribution in [2.24, 2.45) is 5.92 Å². The zero-order valence-corrected chi connectivity index (χ0v) is 11.8. The number of hydrogen-bond donors (Lipinski definition) is 2. The fourth-order valence-electron chi connectivity index (χ4n) is 2.29. The summed E-state index contributed by atoms with van der Waals surface area (Å²) in [5.74, 6) is -2.03. The van der Waals surface area contributed by atoms with Crippen LogP contribution in [0.15, 0.2) is 0 Å². The molecular weight excluding hydrogens is 250 g/mol. The van der Waals surface area contributed by atoms with Crippen LogP contribution >= 0.6 is 0 Å². The molecule has 0 radical (unpaired) electrons. The molecule has 6 heteroatoms. The fourth-order valence-corrected chi connectivity index (χ4v) is 2.29. The number of carbonyl (C=O) groups is 2. The molecule has 1 saturated heterocycles. The predicted molar refractivity (Wildman–Crippen MR) is 68.8 cm³/mol. The third kappa shape index (κ3) is 4.38. The normalized spacial score (nSPS) is 21.9. The van der Waals surface area contributed by atoms with Gasteiger partial charge in [0.1, 0.15) is 11.5 Å². The highest BCUT2D eigenvalue weighted by Crippen LogP contribution is 2.25. The Labute approximate surface area is 113 Å². The first-order chi connectivity index (χ1) is 8.76. The van der Waals surface area contributed by atoms with E-state index in [4.69, 9.17) is 9.84 Å². The number of aliphatic hydroxyl groups is 1. The molecule has 1 aliphatic heterocycles. The largest absolute Gasteiger partial charge is 0.481 e. The van der Waals surface area contributed by atoms with Gasteiger partial charge in [0.2, 0.25) is 0 Å². The highest BCUT2D eigenvalue weighted by molar-refractivity contribution is 5.74. The van der Waals surface area contributed by atoms with Crippen LogP contribution in [-0.4, -0.2) is 52.0 Å². The van der Waals surface area contributed by atoms with Gasteiger partial charge in [0.05, 0.1) is 12.6 Å². The molecule has 0 spiro atoms. The standard InChI is InChI=1S/C13H23NO5/c1-13(2,3)19-12(18)14-7-5-4-6-10(14)9(8-15)11(16)17/h9-10,15H,4-8H2,1-3H3,(H,16,17). The van der Waals surface area contributed by atoms with Crippen molar-refractivity contribution in [3.8, 4) is 0 Å². The number of aliphatic hydroxyl groups excluding tert-OH is 1. The fraction of sp³-hybridized carbons (Fsp3) is 0.846. The average Bonchev–Trinajstić information content (AvgIpc) is 2.27. The van der Waals surface area contributed by atoms with Gasteiger partial charge in [-0.3, -0.25) is 4.79 Å². The monoisotopic (exact) mass is 273 g/mol. The second-order valence-corrected chi connectivity index (χ2v) is 5.86. The summed E-state index contributed by atoms with van der Waals surface area (Å²) in [7, 11) is 0. The van der Waals surface area contributed by atoms with Crippen molar-refractivity contribution in [2.45, 2.75) is 51.7 Å². The lowest BCUT2D eigenvalue weighted by atomic mass is 9.91. The summed E-state index contributed by atoms with van der Waals surface area (Å²) in [4.78, 5) is 24.7. The molecule has 0 aliphatic carbocycles. The number of nitrogens with zero attached hydrogens (tertiary/aromatic N) is 1. The van der Waals surface area contributed by atoms with E-state index in [1.165, 1.54) is 4.90 Å². The zero-order valence-electron chi connectivity index (χ0n) is 11.8. The summed E-state index contributed by atoms with van der Waals surface area (Å²) < 4.78 is 5.29. The Hall–Kier alpha value is -1.30. The first-order valence-corrected chi connectivity index (χ1v) is 6.59. The van der Waals surface area contributed by atoms with Crippen LogP contribution in [0.3, 0.4) is 0 Å². The number of hydrogen-bond acceptors (Lipinski definition) is 4. The van der Waals surface area contributed by atoms with Crippen LogP contribution in [0.4, 0.5) is 4.79 Å². The summed E-state index contributed by atoms with van der Waals surface area (Å²) >= 11 is 0. The van der Waals surface area contributed by atoms with Crippen LogP contribution in [0.1, 0.15) is 40.0 Å². The van der Waals surface area contributed by atoms with Gasteiger partial charge in [0.15, 0.2) is 0 Å². The lowest BCUT2D eigenvalue weighted by molar-refractivity contribution is -0.146. The quantitative estimate of drug-likeness (QED) is 0.813. The van der Waals surface area contributed by atoms with Crippen molar-refractivity contribution < 1.29 is 24.5 Å². The maximum absolute atomic E-state index is 12.1. The van der Waals surface area contributed by atoms with E-state index in [9.17, 15) is 14.7 Å². The van der Waals surface area contributed by atoms with E-state index >= 15 is 0 Å². The van der Waals surface area contributed by atoms with Gasteiger partial charge >= 0.3 is 12.1 Å². The van der Waals surface area contributed by atoms with E-state index in [1.54, 1.807) is 20.8 Å². The van der Waals surface area contributed by atoms with Gasteiger partial charge in [-0.15, -0.1) is 0 Å². The minimum absolute atomic E-state index is 0.473. The summed E-state index contributed by atoms with van der Waals surface area (Å²) in [6.45, 7) is 5.31. The van der Waals surface area contributed by atoms with Crippen molar-refractivity contribution >= 4 is 12.1 Å². The number of carbonyl (C=O) groups excluding carboxylic acids is 1. The Bertz CT molecular complexity index is 336. The van der Waals surface area contributed by atoms with Gasteiger partial charge < -0.3 is 19.8 Å². The minimum atomic E-state index is -1.08. The van der Waals surface area contributed by atoms with Gasteiger partial charge in [-0.2, -0.15) is 0 Å². The number of ether oxygens (including phenoxy) is 1. The van der Waals surface area contributed by atoms with Gasteiger partial charge in [-0.1, -0.05) is 0 Å². The van der Waals surface area contributed by atoms with Crippen molar-refractivity contribution in [1.82, 2.24) is 4.90 Å². The number of amides is 1. The van der Waals surface area contributed by atoms with Crippen LogP contribution in [0.5, 0.6) is 0 Å². The van der Waals surface area contributed by atoms with Crippen molar-refractivity contribution in [2.75, 3.05) is 13.2 Å². The van der Waals surface area contributed by atoms with E-state index in [1.807, 2.05) is 0 Å². The minimum Gasteiger partial charge on any atom is -0.481 e. The summed E-state index contributed by atoms with van der Waals surface area (Å²) in [5, 5.41) is 18.3. The SMILES string of the molecule is CC(C)(C)OC(=O)N1CCCCC1C(CO)C(=O)O. The van der Waals surface area contributed by atoms with Crippen molar-refractivity contribution in [1.29, 1.82) is 0 Å². The summed E-state index contributed by atoms with van der Waals surface area (Å²) in [6.07, 6.45) is 1.76. The second kappa shape index (κ2) is 6.23. The molecule has 1 heterocycles. The Morgan fingerprint density at radius 1 is 1.37 bits per heavy atom. The molecule has 0 aromatic rings. The third-order valence-corrected chi connectivity index (χ3v) is 3.16. The first-order valence-electron chi connectivity index (χ1n) is 6.59. The van der Waals surface area contributed by atoms with Crippen LogP contribution in [0.25, 0.3) is 0 Å². The third-order valence-electron chi connectivity index (χ3n) is 3.16. The van der Waals surface area contributed by atoms with Gasteiger partial charge in [-0.25, -0.2) is 4.79 Å². The Kier molecular flexibility index (Phi) is 5.17. The molecule has 1 aliphatic rings. The van der Waals surface area contributed by atoms with E-state index in [-0.39, 0.29) is 0 Å². The molecule has 1 rings (SSSR count). The Morgan fingerprint density at radius 3 is 2.47 bits per heavy atom. The molecule has 2 atom stereocenters. The van der Waals surface area contributed by atoms with Crippen LogP contribution < -0.4 is 0 Å². The van der Waals surface area contributed by atoms with Crippen LogP contribution in [0.2, 0.25) is 0 Å². The molecule has 0 bridgehead atoms. The highest BCUT2D eigenvalue weighted by Gasteiger charge is 2.38. The molecule has 0 saturated carbocycles. The van der Waals surface area contributed by atoms with Crippen molar-refractivity contribution in [3.05, 3.63) is 0 Å². The van der Waals surface area contributed by atoms with Crippen molar-refractivity contribution in [3.63, 3.8) is 0 Å². The maximum atomic E-state index is 12.1. The van der Waals surface area contributed by atoms with Gasteiger partial charge in [-0.05, 0) is 40.0 Å². The topological polar surface area (TPSA) is 87.1 Å². The number of rotatable bonds is 3. The number of likely N-dealkylation sites (tertiary alicyclic amines) is 1. The average molecular weight is 273 g/mol. The zero-order chi connectivity index (χ0) is 14.6. The number of carboxylic acid groups (broad SMARTS) is 1. The molecule has 1 amide bonds. The van der Waals surface area contributed by atoms with E-state index in [2.05, 4.69) is 0 Å². The smallest absolute Gasteiger partial charge is 0.410 e. The summed E-state index contributed by atoms with van der Waals surface area (Å²) in [5.41, 5.74) is -0.614.